The number of carbonyl (C=O) groups is 2. The fourth-order valence-corrected chi connectivity index (χ4v) is 4.05. The molecule has 0 unspecified atom stereocenters. The number of piperidine rings is 1. The van der Waals surface area contributed by atoms with Crippen molar-refractivity contribution in [1.82, 2.24) is 5.32 Å². The molecule has 1 fully saturated rings. The van der Waals surface area contributed by atoms with E-state index in [4.69, 9.17) is 9.47 Å². The lowest BCUT2D eigenvalue weighted by molar-refractivity contribution is -0.129. The fraction of sp³-hybridized carbons (Fsp3) is 0.440. The van der Waals surface area contributed by atoms with E-state index in [9.17, 15) is 9.59 Å². The molecule has 1 N–H and O–H groups in total. The molecule has 2 aromatic carbocycles. The number of hydrogen-bond donors (Lipinski definition) is 1. The first-order valence-electron chi connectivity index (χ1n) is 10.8. The van der Waals surface area contributed by atoms with Gasteiger partial charge in [-0.05, 0) is 56.5 Å². The molecular formula is C25H32N2O4. The van der Waals surface area contributed by atoms with E-state index in [2.05, 4.69) is 5.32 Å². The lowest BCUT2D eigenvalue weighted by Crippen LogP contribution is -2.49. The molecule has 0 bridgehead atoms. The summed E-state index contributed by atoms with van der Waals surface area (Å²) in [6.45, 7) is 6.05. The summed E-state index contributed by atoms with van der Waals surface area (Å²) in [6, 6.07) is 13.1. The molecule has 0 spiro atoms. The number of aryl methyl sites for hydroxylation is 1. The lowest BCUT2D eigenvalue weighted by Gasteiger charge is -2.41. The summed E-state index contributed by atoms with van der Waals surface area (Å²) in [5.41, 5.74) is 2.74. The standard InChI is InChI=1S/C25H32N2O4/c1-6-17(3)26-25(29)20-12-14-23(28)27(19-10-7-16(2)8-11-19)24(20)18-9-13-21(30-4)22(15-18)31-5/h7-11,13,15,17,20,24H,6,12,14H2,1-5H3,(H,26,29)/t17-,20-,24+/m0/s1. The first-order valence-corrected chi connectivity index (χ1v) is 10.8. The maximum absolute atomic E-state index is 13.3. The van der Waals surface area contributed by atoms with Gasteiger partial charge in [0.15, 0.2) is 11.5 Å². The van der Waals surface area contributed by atoms with Gasteiger partial charge in [-0.15, -0.1) is 0 Å². The van der Waals surface area contributed by atoms with Crippen LogP contribution in [0.2, 0.25) is 0 Å². The normalized spacial score (nSPS) is 19.6. The fourth-order valence-electron chi connectivity index (χ4n) is 4.05. The van der Waals surface area contributed by atoms with Gasteiger partial charge in [-0.25, -0.2) is 0 Å². The Balaban J connectivity index is 2.10. The van der Waals surface area contributed by atoms with Crippen molar-refractivity contribution in [3.8, 4) is 11.5 Å². The molecule has 1 saturated heterocycles. The van der Waals surface area contributed by atoms with Crippen LogP contribution >= 0.6 is 0 Å². The van der Waals surface area contributed by atoms with Gasteiger partial charge in [0.1, 0.15) is 0 Å². The average molecular weight is 425 g/mol. The van der Waals surface area contributed by atoms with Crippen molar-refractivity contribution in [2.24, 2.45) is 5.92 Å². The Morgan fingerprint density at radius 1 is 1.13 bits per heavy atom. The third-order valence-corrected chi connectivity index (χ3v) is 6.00. The van der Waals surface area contributed by atoms with Gasteiger partial charge in [-0.2, -0.15) is 0 Å². The molecule has 6 nitrogen and oxygen atoms in total. The molecule has 1 aliphatic rings. The van der Waals surface area contributed by atoms with Crippen LogP contribution in [0.3, 0.4) is 0 Å². The summed E-state index contributed by atoms with van der Waals surface area (Å²) in [7, 11) is 3.17. The highest BCUT2D eigenvalue weighted by Crippen LogP contribution is 2.42. The molecule has 2 aromatic rings. The SMILES string of the molecule is CC[C@H](C)NC(=O)[C@H]1CCC(=O)N(c2ccc(C)cc2)[C@@H]1c1ccc(OC)c(OC)c1. The Labute approximate surface area is 184 Å². The van der Waals surface area contributed by atoms with Crippen LogP contribution in [0.1, 0.15) is 50.3 Å². The van der Waals surface area contributed by atoms with Crippen molar-refractivity contribution < 1.29 is 19.1 Å². The number of nitrogens with one attached hydrogen (secondary N) is 1. The number of anilines is 1. The largest absolute Gasteiger partial charge is 0.493 e. The summed E-state index contributed by atoms with van der Waals surface area (Å²) in [5.74, 6) is 0.792. The van der Waals surface area contributed by atoms with E-state index < -0.39 is 6.04 Å². The number of nitrogens with zero attached hydrogens (tertiary/aromatic N) is 1. The highest BCUT2D eigenvalue weighted by atomic mass is 16.5. The minimum Gasteiger partial charge on any atom is -0.493 e. The van der Waals surface area contributed by atoms with Crippen LogP contribution in [-0.2, 0) is 9.59 Å². The zero-order valence-corrected chi connectivity index (χ0v) is 19.0. The smallest absolute Gasteiger partial charge is 0.227 e. The Morgan fingerprint density at radius 3 is 2.42 bits per heavy atom. The predicted octanol–water partition coefficient (Wildman–Crippen LogP) is 4.41. The van der Waals surface area contributed by atoms with Gasteiger partial charge in [0.2, 0.25) is 11.8 Å². The highest BCUT2D eigenvalue weighted by Gasteiger charge is 2.42. The molecule has 0 radical (unpaired) electrons. The van der Waals surface area contributed by atoms with Crippen LogP contribution in [0, 0.1) is 12.8 Å². The molecule has 0 aliphatic carbocycles. The quantitative estimate of drug-likeness (QED) is 0.715. The van der Waals surface area contributed by atoms with Crippen LogP contribution in [-0.4, -0.2) is 32.1 Å². The molecule has 1 aliphatic heterocycles. The summed E-state index contributed by atoms with van der Waals surface area (Å²) < 4.78 is 10.9. The number of rotatable bonds is 7. The maximum Gasteiger partial charge on any atom is 0.227 e. The Morgan fingerprint density at radius 2 is 1.81 bits per heavy atom. The zero-order valence-electron chi connectivity index (χ0n) is 19.0. The zero-order chi connectivity index (χ0) is 22.5. The van der Waals surface area contributed by atoms with Gasteiger partial charge in [-0.3, -0.25) is 9.59 Å². The van der Waals surface area contributed by atoms with E-state index in [0.717, 1.165) is 23.2 Å². The van der Waals surface area contributed by atoms with Crippen LogP contribution in [0.25, 0.3) is 0 Å². The van der Waals surface area contributed by atoms with Crippen molar-refractivity contribution in [2.45, 2.75) is 52.1 Å². The summed E-state index contributed by atoms with van der Waals surface area (Å²) in [5, 5.41) is 3.11. The van der Waals surface area contributed by atoms with E-state index in [0.29, 0.717) is 24.3 Å². The van der Waals surface area contributed by atoms with Crippen molar-refractivity contribution in [3.05, 3.63) is 53.6 Å². The number of amides is 2. The third-order valence-electron chi connectivity index (χ3n) is 6.00. The van der Waals surface area contributed by atoms with Crippen LogP contribution in [0.15, 0.2) is 42.5 Å². The summed E-state index contributed by atoms with van der Waals surface area (Å²) in [4.78, 5) is 28.2. The second kappa shape index (κ2) is 9.86. The molecule has 0 saturated carbocycles. The number of carbonyl (C=O) groups excluding carboxylic acids is 2. The lowest BCUT2D eigenvalue weighted by atomic mass is 9.82. The Hall–Kier alpha value is -3.02. The Kier molecular flexibility index (Phi) is 7.21. The van der Waals surface area contributed by atoms with Crippen LogP contribution < -0.4 is 19.7 Å². The molecular weight excluding hydrogens is 392 g/mol. The minimum atomic E-state index is -0.437. The second-order valence-electron chi connectivity index (χ2n) is 8.12. The molecule has 6 heteroatoms. The topological polar surface area (TPSA) is 67.9 Å². The number of benzene rings is 2. The molecule has 0 aromatic heterocycles. The molecule has 3 atom stereocenters. The molecule has 31 heavy (non-hydrogen) atoms. The first-order chi connectivity index (χ1) is 14.9. The second-order valence-corrected chi connectivity index (χ2v) is 8.12. The average Bonchev–Trinajstić information content (AvgIpc) is 2.78. The van der Waals surface area contributed by atoms with Crippen molar-refractivity contribution in [1.29, 1.82) is 0 Å². The number of ether oxygens (including phenoxy) is 2. The third kappa shape index (κ3) is 4.84. The van der Waals surface area contributed by atoms with Crippen molar-refractivity contribution in [3.63, 3.8) is 0 Å². The Bertz CT molecular complexity index is 926. The maximum atomic E-state index is 13.3. The monoisotopic (exact) mass is 424 g/mol. The van der Waals surface area contributed by atoms with Crippen LogP contribution in [0.5, 0.6) is 11.5 Å². The number of hydrogen-bond acceptors (Lipinski definition) is 4. The molecule has 2 amide bonds. The van der Waals surface area contributed by atoms with E-state index in [1.165, 1.54) is 0 Å². The van der Waals surface area contributed by atoms with E-state index >= 15 is 0 Å². The van der Waals surface area contributed by atoms with Crippen molar-refractivity contribution >= 4 is 17.5 Å². The van der Waals surface area contributed by atoms with Gasteiger partial charge in [-0.1, -0.05) is 30.7 Å². The van der Waals surface area contributed by atoms with Gasteiger partial charge in [0.25, 0.3) is 0 Å². The van der Waals surface area contributed by atoms with Crippen molar-refractivity contribution in [2.75, 3.05) is 19.1 Å². The number of methoxy groups -OCH3 is 2. The molecule has 166 valence electrons. The minimum absolute atomic E-state index is 0.0104. The predicted molar refractivity (Wildman–Crippen MR) is 122 cm³/mol. The van der Waals surface area contributed by atoms with Gasteiger partial charge >= 0.3 is 0 Å². The van der Waals surface area contributed by atoms with E-state index in [-0.39, 0.29) is 23.8 Å². The van der Waals surface area contributed by atoms with Gasteiger partial charge in [0.05, 0.1) is 26.2 Å². The first kappa shape index (κ1) is 22.7. The summed E-state index contributed by atoms with van der Waals surface area (Å²) in [6.07, 6.45) is 1.68. The van der Waals surface area contributed by atoms with E-state index in [1.807, 2.05) is 63.2 Å². The highest BCUT2D eigenvalue weighted by molar-refractivity contribution is 5.97. The molecule has 1 heterocycles. The summed E-state index contributed by atoms with van der Waals surface area (Å²) >= 11 is 0. The van der Waals surface area contributed by atoms with Gasteiger partial charge < -0.3 is 19.7 Å². The molecule has 3 rings (SSSR count). The van der Waals surface area contributed by atoms with Crippen LogP contribution in [0.4, 0.5) is 5.69 Å². The van der Waals surface area contributed by atoms with Gasteiger partial charge in [0, 0.05) is 18.2 Å². The van der Waals surface area contributed by atoms with E-state index in [1.54, 1.807) is 19.1 Å².